The van der Waals surface area contributed by atoms with Crippen molar-refractivity contribution < 1.29 is 8.42 Å². The minimum Gasteiger partial charge on any atom is -0.324 e. The third-order valence-electron chi connectivity index (χ3n) is 3.09. The van der Waals surface area contributed by atoms with E-state index in [0.717, 1.165) is 24.8 Å². The summed E-state index contributed by atoms with van der Waals surface area (Å²) in [6.45, 7) is 0. The lowest BCUT2D eigenvalue weighted by atomic mass is 9.79. The van der Waals surface area contributed by atoms with Crippen LogP contribution in [0.15, 0.2) is 30.3 Å². The fraction of sp³-hybridized carbons (Fsp3) is 0.500. The Labute approximate surface area is 96.6 Å². The zero-order chi connectivity index (χ0) is 11.6. The van der Waals surface area contributed by atoms with Crippen molar-refractivity contribution >= 4 is 9.84 Å². The van der Waals surface area contributed by atoms with Crippen LogP contribution in [0.5, 0.6) is 0 Å². The molecule has 1 aliphatic carbocycles. The molecular weight excluding hydrogens is 222 g/mol. The molecule has 3 nitrogen and oxygen atoms in total. The molecule has 0 aliphatic heterocycles. The van der Waals surface area contributed by atoms with Gasteiger partial charge in [0.15, 0.2) is 9.84 Å². The van der Waals surface area contributed by atoms with Crippen molar-refractivity contribution in [1.29, 1.82) is 0 Å². The molecule has 1 aromatic rings. The summed E-state index contributed by atoms with van der Waals surface area (Å²) in [6.07, 6.45) is 2.72. The van der Waals surface area contributed by atoms with E-state index in [9.17, 15) is 8.42 Å². The van der Waals surface area contributed by atoms with E-state index in [1.807, 2.05) is 30.3 Å². The van der Waals surface area contributed by atoms with Crippen LogP contribution >= 0.6 is 0 Å². The van der Waals surface area contributed by atoms with E-state index in [4.69, 9.17) is 5.73 Å². The first kappa shape index (κ1) is 11.6. The zero-order valence-corrected chi connectivity index (χ0v) is 10.0. The molecule has 1 saturated carbocycles. The van der Waals surface area contributed by atoms with Crippen LogP contribution < -0.4 is 5.73 Å². The van der Waals surface area contributed by atoms with Gasteiger partial charge >= 0.3 is 0 Å². The maximum atomic E-state index is 11.9. The van der Waals surface area contributed by atoms with E-state index in [1.165, 1.54) is 0 Å². The Morgan fingerprint density at radius 1 is 1.19 bits per heavy atom. The topological polar surface area (TPSA) is 60.2 Å². The van der Waals surface area contributed by atoms with E-state index < -0.39 is 15.4 Å². The Morgan fingerprint density at radius 2 is 1.81 bits per heavy atom. The zero-order valence-electron chi connectivity index (χ0n) is 9.22. The minimum atomic E-state index is -3.08. The number of sulfone groups is 1. The van der Waals surface area contributed by atoms with Gasteiger partial charge in [-0.2, -0.15) is 0 Å². The van der Waals surface area contributed by atoms with Crippen molar-refractivity contribution in [2.24, 2.45) is 5.73 Å². The van der Waals surface area contributed by atoms with Crippen LogP contribution in [0.3, 0.4) is 0 Å². The second kappa shape index (κ2) is 4.18. The van der Waals surface area contributed by atoms with Gasteiger partial charge in [0.1, 0.15) is 0 Å². The Morgan fingerprint density at radius 3 is 2.31 bits per heavy atom. The molecule has 1 aromatic carbocycles. The first-order valence-corrected chi connectivity index (χ1v) is 7.35. The van der Waals surface area contributed by atoms with Crippen LogP contribution in [0, 0.1) is 0 Å². The minimum absolute atomic E-state index is 0.104. The highest BCUT2D eigenvalue weighted by molar-refractivity contribution is 7.90. The van der Waals surface area contributed by atoms with Gasteiger partial charge < -0.3 is 5.73 Å². The van der Waals surface area contributed by atoms with E-state index >= 15 is 0 Å². The van der Waals surface area contributed by atoms with Crippen LogP contribution in [0.1, 0.15) is 24.8 Å². The van der Waals surface area contributed by atoms with Crippen molar-refractivity contribution in [1.82, 2.24) is 0 Å². The lowest BCUT2D eigenvalue weighted by molar-refractivity contribution is 0.279. The van der Waals surface area contributed by atoms with Crippen LogP contribution in [-0.2, 0) is 15.6 Å². The number of nitrogens with two attached hydrogens (primary N) is 1. The summed E-state index contributed by atoms with van der Waals surface area (Å²) in [5, 5.41) is 0. The van der Waals surface area contributed by atoms with Gasteiger partial charge in [0.2, 0.25) is 0 Å². The van der Waals surface area contributed by atoms with E-state index in [0.29, 0.717) is 0 Å². The summed E-state index contributed by atoms with van der Waals surface area (Å²) >= 11 is 0. The molecule has 4 heteroatoms. The summed E-state index contributed by atoms with van der Waals surface area (Å²) in [5.41, 5.74) is 6.35. The van der Waals surface area contributed by atoms with Gasteiger partial charge in [0.25, 0.3) is 0 Å². The molecule has 16 heavy (non-hydrogen) atoms. The molecule has 88 valence electrons. The fourth-order valence-electron chi connectivity index (χ4n) is 2.09. The first-order valence-electron chi connectivity index (χ1n) is 5.52. The molecular formula is C12H17NO2S. The SMILES string of the molecule is NC1(CS(=O)(=O)Cc2ccccc2)CCC1. The molecule has 0 unspecified atom stereocenters. The summed E-state index contributed by atoms with van der Waals surface area (Å²) in [6, 6.07) is 9.26. The molecule has 2 rings (SSSR count). The number of rotatable bonds is 4. The monoisotopic (exact) mass is 239 g/mol. The number of benzene rings is 1. The normalized spacial score (nSPS) is 19.1. The van der Waals surface area contributed by atoms with Crippen molar-refractivity contribution in [3.05, 3.63) is 35.9 Å². The van der Waals surface area contributed by atoms with Crippen LogP contribution in [0.2, 0.25) is 0 Å². The molecule has 0 heterocycles. The highest BCUT2D eigenvalue weighted by Gasteiger charge is 2.36. The third kappa shape index (κ3) is 2.83. The van der Waals surface area contributed by atoms with E-state index in [-0.39, 0.29) is 11.5 Å². The lowest BCUT2D eigenvalue weighted by Crippen LogP contribution is -2.52. The standard InChI is InChI=1S/C12H17NO2S/c13-12(7-4-8-12)10-16(14,15)9-11-5-2-1-3-6-11/h1-3,5-6H,4,7-10,13H2. The Kier molecular flexibility index (Phi) is 3.04. The maximum absolute atomic E-state index is 11.9. The Hall–Kier alpha value is -0.870. The fourth-order valence-corrected chi connectivity index (χ4v) is 4.06. The maximum Gasteiger partial charge on any atom is 0.156 e. The van der Waals surface area contributed by atoms with Gasteiger partial charge in [-0.05, 0) is 24.8 Å². The molecule has 1 fully saturated rings. The van der Waals surface area contributed by atoms with Crippen molar-refractivity contribution in [3.63, 3.8) is 0 Å². The van der Waals surface area contributed by atoms with Crippen LogP contribution in [0.25, 0.3) is 0 Å². The summed E-state index contributed by atoms with van der Waals surface area (Å²) < 4.78 is 23.9. The number of hydrogen-bond acceptors (Lipinski definition) is 3. The summed E-state index contributed by atoms with van der Waals surface area (Å²) in [5.74, 6) is 0.224. The summed E-state index contributed by atoms with van der Waals surface area (Å²) in [7, 11) is -3.08. The van der Waals surface area contributed by atoms with Crippen molar-refractivity contribution in [2.45, 2.75) is 30.6 Å². The highest BCUT2D eigenvalue weighted by Crippen LogP contribution is 2.31. The predicted molar refractivity (Wildman–Crippen MR) is 64.7 cm³/mol. The van der Waals surface area contributed by atoms with E-state index in [2.05, 4.69) is 0 Å². The Bertz CT molecular complexity index is 449. The summed E-state index contributed by atoms with van der Waals surface area (Å²) in [4.78, 5) is 0. The molecule has 0 aromatic heterocycles. The van der Waals surface area contributed by atoms with Gasteiger partial charge in [0.05, 0.1) is 11.5 Å². The first-order chi connectivity index (χ1) is 7.49. The quantitative estimate of drug-likeness (QED) is 0.865. The average Bonchev–Trinajstić information content (AvgIpc) is 2.15. The van der Waals surface area contributed by atoms with Crippen LogP contribution in [0.4, 0.5) is 0 Å². The van der Waals surface area contributed by atoms with Gasteiger partial charge in [-0.3, -0.25) is 0 Å². The average molecular weight is 239 g/mol. The molecule has 1 aliphatic rings. The third-order valence-corrected chi connectivity index (χ3v) is 4.87. The largest absolute Gasteiger partial charge is 0.324 e. The highest BCUT2D eigenvalue weighted by atomic mass is 32.2. The second-order valence-corrected chi connectivity index (χ2v) is 6.80. The molecule has 0 radical (unpaired) electrons. The predicted octanol–water partition coefficient (Wildman–Crippen LogP) is 1.48. The van der Waals surface area contributed by atoms with Crippen molar-refractivity contribution in [2.75, 3.05) is 5.75 Å². The molecule has 0 bridgehead atoms. The second-order valence-electron chi connectivity index (χ2n) is 4.73. The van der Waals surface area contributed by atoms with Gasteiger partial charge in [-0.1, -0.05) is 30.3 Å². The number of hydrogen-bond donors (Lipinski definition) is 1. The molecule has 0 spiro atoms. The van der Waals surface area contributed by atoms with Gasteiger partial charge in [-0.15, -0.1) is 0 Å². The van der Waals surface area contributed by atoms with Crippen molar-refractivity contribution in [3.8, 4) is 0 Å². The smallest absolute Gasteiger partial charge is 0.156 e. The molecule has 0 amide bonds. The lowest BCUT2D eigenvalue weighted by Gasteiger charge is -2.37. The molecule has 0 atom stereocenters. The molecule has 2 N–H and O–H groups in total. The van der Waals surface area contributed by atoms with Gasteiger partial charge in [0, 0.05) is 5.54 Å². The van der Waals surface area contributed by atoms with Crippen LogP contribution in [-0.4, -0.2) is 19.7 Å². The van der Waals surface area contributed by atoms with Gasteiger partial charge in [-0.25, -0.2) is 8.42 Å². The molecule has 0 saturated heterocycles. The Balaban J connectivity index is 2.03. The van der Waals surface area contributed by atoms with E-state index in [1.54, 1.807) is 0 Å².